The summed E-state index contributed by atoms with van der Waals surface area (Å²) in [4.78, 5) is 10.7. The largest absolute Gasteiger partial charge is 0.264 e. The van der Waals surface area contributed by atoms with E-state index in [1.54, 1.807) is 0 Å². The van der Waals surface area contributed by atoms with E-state index in [0.29, 0.717) is 0 Å². The summed E-state index contributed by atoms with van der Waals surface area (Å²) in [5.74, 6) is 0. The zero-order valence-corrected chi connectivity index (χ0v) is 3.07. The highest BCUT2D eigenvalue weighted by Crippen LogP contribution is 1.59. The lowest BCUT2D eigenvalue weighted by molar-refractivity contribution is 1.47. The van der Waals surface area contributed by atoms with E-state index in [9.17, 15) is 0 Å². The lowest BCUT2D eigenvalue weighted by atomic mass is 11.0. The quantitative estimate of drug-likeness (QED) is 0.374. The standard InChI is InChI=1S/C3H3N3/c1-4-2-6-3-5-1/h1-3H/q+1. The van der Waals surface area contributed by atoms with Crippen LogP contribution in [-0.4, -0.2) is 19.0 Å². The number of nitrogens with zero attached hydrogens (tertiary/aromatic N) is 3. The van der Waals surface area contributed by atoms with Crippen LogP contribution in [-0.2, 0) is 0 Å². The normalized spacial score (nSPS) is 16.0. The van der Waals surface area contributed by atoms with Gasteiger partial charge in [0, 0.05) is 0 Å². The van der Waals surface area contributed by atoms with Crippen molar-refractivity contribution in [1.82, 2.24) is 4.99 Å². The fraction of sp³-hybridized carbons (Fsp3) is 0. The molecule has 0 amide bonds. The minimum Gasteiger partial charge on any atom is -0.0780 e. The Kier molecular flexibility index (Phi) is 0.774. The predicted octanol–water partition coefficient (Wildman–Crippen LogP) is -0.579. The van der Waals surface area contributed by atoms with Crippen molar-refractivity contribution in [3.05, 3.63) is 0 Å². The Morgan fingerprint density at radius 3 is 2.50 bits per heavy atom. The first-order valence-electron chi connectivity index (χ1n) is 1.55. The van der Waals surface area contributed by atoms with Crippen molar-refractivity contribution in [3.8, 4) is 0 Å². The maximum Gasteiger partial charge on any atom is 0.264 e. The molecule has 1 rings (SSSR count). The molecule has 0 aliphatic carbocycles. The molecule has 0 saturated carbocycles. The van der Waals surface area contributed by atoms with Gasteiger partial charge in [0.2, 0.25) is 0 Å². The molecule has 3 nitrogen and oxygen atoms in total. The first-order valence-corrected chi connectivity index (χ1v) is 1.55. The predicted molar refractivity (Wildman–Crippen MR) is 25.2 cm³/mol. The van der Waals surface area contributed by atoms with Crippen LogP contribution < -0.4 is 4.99 Å². The van der Waals surface area contributed by atoms with E-state index in [1.807, 2.05) is 0 Å². The summed E-state index contributed by atoms with van der Waals surface area (Å²) >= 11 is 0. The van der Waals surface area contributed by atoms with Crippen LogP contribution in [0.15, 0.2) is 9.98 Å². The summed E-state index contributed by atoms with van der Waals surface area (Å²) in [6, 6.07) is 0. The van der Waals surface area contributed by atoms with Crippen LogP contribution in [0.2, 0.25) is 0 Å². The van der Waals surface area contributed by atoms with E-state index in [0.717, 1.165) is 0 Å². The van der Waals surface area contributed by atoms with Gasteiger partial charge in [-0.1, -0.05) is 15.0 Å². The third-order valence-electron chi connectivity index (χ3n) is 0.400. The summed E-state index contributed by atoms with van der Waals surface area (Å²) in [5.41, 5.74) is 0. The van der Waals surface area contributed by atoms with Crippen LogP contribution in [0.4, 0.5) is 0 Å². The lowest BCUT2D eigenvalue weighted by Crippen LogP contribution is -1.91. The van der Waals surface area contributed by atoms with Crippen LogP contribution in [0.5, 0.6) is 0 Å². The smallest absolute Gasteiger partial charge is 0.0780 e. The van der Waals surface area contributed by atoms with Gasteiger partial charge in [0.25, 0.3) is 19.0 Å². The highest BCUT2D eigenvalue weighted by Gasteiger charge is 1.81. The topological polar surface area (TPSA) is 38.8 Å². The molecule has 1 radical (unpaired) electrons. The monoisotopic (exact) mass is 81.0 g/mol. The summed E-state index contributed by atoms with van der Waals surface area (Å²) < 4.78 is 0. The van der Waals surface area contributed by atoms with Crippen LogP contribution in [0.25, 0.3) is 0 Å². The molecule has 1 heterocycles. The van der Waals surface area contributed by atoms with Gasteiger partial charge in [-0.3, -0.25) is 0 Å². The Labute approximate surface area is 35.1 Å². The average Bonchev–Trinajstić information content (AvgIpc) is 1.72. The van der Waals surface area contributed by atoms with Crippen molar-refractivity contribution in [1.29, 1.82) is 0 Å². The fourth-order valence-electron chi connectivity index (χ4n) is 0.205. The Bertz CT molecular complexity index is 75.4. The molecule has 6 heavy (non-hydrogen) atoms. The molecule has 0 spiro atoms. The van der Waals surface area contributed by atoms with Crippen molar-refractivity contribution in [2.75, 3.05) is 0 Å². The molecule has 0 fully saturated rings. The highest BCUT2D eigenvalue weighted by atomic mass is 15.0. The molecule has 0 bridgehead atoms. The maximum absolute atomic E-state index is 3.56. The molecule has 29 valence electrons. The maximum atomic E-state index is 3.56. The van der Waals surface area contributed by atoms with E-state index in [-0.39, 0.29) is 0 Å². The van der Waals surface area contributed by atoms with E-state index in [2.05, 4.69) is 15.0 Å². The van der Waals surface area contributed by atoms with Crippen LogP contribution >= 0.6 is 0 Å². The summed E-state index contributed by atoms with van der Waals surface area (Å²) in [6.45, 7) is 0. The molecule has 0 aromatic carbocycles. The fourth-order valence-corrected chi connectivity index (χ4v) is 0.205. The Morgan fingerprint density at radius 1 is 1.33 bits per heavy atom. The van der Waals surface area contributed by atoms with Crippen molar-refractivity contribution >= 4 is 19.0 Å². The molecule has 0 aromatic heterocycles. The summed E-state index contributed by atoms with van der Waals surface area (Å²) in [5, 5.41) is 0. The highest BCUT2D eigenvalue weighted by molar-refractivity contribution is 5.84. The van der Waals surface area contributed by atoms with Gasteiger partial charge in [-0.15, -0.1) is 0 Å². The molecular formula is C3H3N3+. The molecule has 1 aliphatic rings. The number of hydrogen-bond donors (Lipinski definition) is 0. The molecule has 0 aromatic rings. The zero-order valence-electron chi connectivity index (χ0n) is 3.07. The average molecular weight is 81.1 g/mol. The lowest BCUT2D eigenvalue weighted by Gasteiger charge is -1.62. The third kappa shape index (κ3) is 0.484. The molecule has 0 saturated heterocycles. The Morgan fingerprint density at radius 2 is 2.33 bits per heavy atom. The summed E-state index contributed by atoms with van der Waals surface area (Å²) in [7, 11) is 0. The van der Waals surface area contributed by atoms with E-state index < -0.39 is 0 Å². The minimum absolute atomic E-state index is 1.44. The van der Waals surface area contributed by atoms with Gasteiger partial charge < -0.3 is 0 Å². The van der Waals surface area contributed by atoms with Crippen molar-refractivity contribution in [2.45, 2.75) is 0 Å². The van der Waals surface area contributed by atoms with Crippen LogP contribution in [0.3, 0.4) is 0 Å². The molecule has 3 heteroatoms. The molecule has 0 N–H and O–H groups in total. The summed E-state index contributed by atoms with van der Waals surface area (Å²) in [6.07, 6.45) is 4.31. The van der Waals surface area contributed by atoms with Gasteiger partial charge in [-0.2, -0.15) is 0 Å². The van der Waals surface area contributed by atoms with Crippen molar-refractivity contribution in [2.24, 2.45) is 9.98 Å². The SMILES string of the molecule is C1=NC=[N+]C=N1. The van der Waals surface area contributed by atoms with Gasteiger partial charge in [0.05, 0.1) is 0 Å². The first kappa shape index (κ1) is 3.21. The van der Waals surface area contributed by atoms with Crippen LogP contribution in [0.1, 0.15) is 0 Å². The van der Waals surface area contributed by atoms with Gasteiger partial charge in [0.15, 0.2) is 0 Å². The minimum atomic E-state index is 1.44. The van der Waals surface area contributed by atoms with Crippen molar-refractivity contribution < 1.29 is 0 Å². The second kappa shape index (κ2) is 1.45. The second-order valence-electron chi connectivity index (χ2n) is 0.794. The zero-order chi connectivity index (χ0) is 4.24. The molecule has 0 atom stereocenters. The number of rotatable bonds is 0. The third-order valence-corrected chi connectivity index (χ3v) is 0.400. The van der Waals surface area contributed by atoms with Crippen LogP contribution in [0, 0.1) is 0 Å². The van der Waals surface area contributed by atoms with Crippen molar-refractivity contribution in [3.63, 3.8) is 0 Å². The number of aliphatic imine (C=N–C) groups is 3. The van der Waals surface area contributed by atoms with Gasteiger partial charge in [-0.05, 0) is 0 Å². The second-order valence-corrected chi connectivity index (χ2v) is 0.794. The first-order chi connectivity index (χ1) is 3.00. The van der Waals surface area contributed by atoms with E-state index >= 15 is 0 Å². The molecule has 0 unspecified atom stereocenters. The van der Waals surface area contributed by atoms with Gasteiger partial charge in [0.1, 0.15) is 0 Å². The molecular weight excluding hydrogens is 78.1 g/mol. The van der Waals surface area contributed by atoms with Gasteiger partial charge in [-0.25, -0.2) is 0 Å². The molecule has 1 aliphatic heterocycles. The van der Waals surface area contributed by atoms with E-state index in [4.69, 9.17) is 0 Å². The number of hydrogen-bond acceptors (Lipinski definition) is 3. The Hall–Kier alpha value is -0.990. The van der Waals surface area contributed by atoms with E-state index in [1.165, 1.54) is 19.0 Å². The van der Waals surface area contributed by atoms with Gasteiger partial charge >= 0.3 is 0 Å². The Balaban J connectivity index is 2.77.